The van der Waals surface area contributed by atoms with Gasteiger partial charge in [0.25, 0.3) is 0 Å². The molecule has 1 saturated carbocycles. The van der Waals surface area contributed by atoms with Crippen LogP contribution >= 0.6 is 0 Å². The minimum atomic E-state index is -0.449. The van der Waals surface area contributed by atoms with Crippen molar-refractivity contribution in [3.8, 4) is 0 Å². The van der Waals surface area contributed by atoms with Crippen LogP contribution < -0.4 is 16.0 Å². The maximum Gasteiger partial charge on any atom is 0.315 e. The Bertz CT molecular complexity index is 545. The monoisotopic (exact) mass is 319 g/mol. The van der Waals surface area contributed by atoms with Crippen LogP contribution in [0, 0.1) is 5.92 Å². The largest absolute Gasteiger partial charge is 0.354 e. The molecule has 0 aromatic carbocycles. The second-order valence-electron chi connectivity index (χ2n) is 6.60. The van der Waals surface area contributed by atoms with Crippen molar-refractivity contribution in [1.29, 1.82) is 0 Å². The molecule has 0 bridgehead atoms. The van der Waals surface area contributed by atoms with Crippen LogP contribution in [-0.2, 0) is 4.79 Å². The molecule has 0 unspecified atom stereocenters. The molecule has 2 aliphatic rings. The first-order chi connectivity index (χ1) is 11.1. The number of rotatable bonds is 3. The molecule has 3 amide bonds. The van der Waals surface area contributed by atoms with E-state index in [-0.39, 0.29) is 29.9 Å². The summed E-state index contributed by atoms with van der Waals surface area (Å²) in [5.41, 5.74) is 0. The summed E-state index contributed by atoms with van der Waals surface area (Å²) in [4.78, 5) is 24.3. The Hall–Kier alpha value is -2.05. The van der Waals surface area contributed by atoms with E-state index in [1.165, 1.54) is 0 Å². The van der Waals surface area contributed by atoms with Crippen molar-refractivity contribution in [3.63, 3.8) is 0 Å². The third-order valence-electron chi connectivity index (χ3n) is 4.95. The van der Waals surface area contributed by atoms with E-state index in [4.69, 9.17) is 0 Å². The highest BCUT2D eigenvalue weighted by atomic mass is 16.2. The predicted octanol–water partition coefficient (Wildman–Crippen LogP) is 1.19. The lowest BCUT2D eigenvalue weighted by Crippen LogP contribution is -2.58. The molecule has 126 valence electrons. The lowest BCUT2D eigenvalue weighted by Gasteiger charge is -2.34. The summed E-state index contributed by atoms with van der Waals surface area (Å²) >= 11 is 0. The lowest BCUT2D eigenvalue weighted by molar-refractivity contribution is -0.125. The molecule has 2 fully saturated rings. The topological polar surface area (TPSA) is 88.0 Å². The molecule has 1 aromatic heterocycles. The fourth-order valence-corrected chi connectivity index (χ4v) is 3.59. The van der Waals surface area contributed by atoms with Gasteiger partial charge in [-0.05, 0) is 31.2 Å². The molecule has 7 nitrogen and oxygen atoms in total. The molecule has 3 rings (SSSR count). The molecule has 1 aromatic rings. The highest BCUT2D eigenvalue weighted by Crippen LogP contribution is 2.28. The van der Waals surface area contributed by atoms with Crippen LogP contribution in [0.25, 0.3) is 0 Å². The van der Waals surface area contributed by atoms with E-state index in [1.54, 1.807) is 6.20 Å². The van der Waals surface area contributed by atoms with Crippen LogP contribution in [0.4, 0.5) is 4.79 Å². The molecule has 7 heteroatoms. The molecule has 23 heavy (non-hydrogen) atoms. The molecule has 1 saturated heterocycles. The molecule has 2 heterocycles. The number of piperidine rings is 1. The Morgan fingerprint density at radius 2 is 2.13 bits per heavy atom. The summed E-state index contributed by atoms with van der Waals surface area (Å²) in [6.07, 6.45) is 8.78. The maximum absolute atomic E-state index is 12.4. The van der Waals surface area contributed by atoms with E-state index in [2.05, 4.69) is 21.0 Å². The Labute approximate surface area is 136 Å². The summed E-state index contributed by atoms with van der Waals surface area (Å²) in [5, 5.41) is 13.0. The highest BCUT2D eigenvalue weighted by molar-refractivity contribution is 5.87. The number of carbonyl (C=O) groups is 2. The Kier molecular flexibility index (Phi) is 4.83. The molecular weight excluding hydrogens is 294 g/mol. The van der Waals surface area contributed by atoms with Gasteiger partial charge in [0, 0.05) is 18.9 Å². The second kappa shape index (κ2) is 7.02. The fraction of sp³-hybridized carbons (Fsp3) is 0.688. The van der Waals surface area contributed by atoms with Gasteiger partial charge in [-0.3, -0.25) is 9.48 Å². The van der Waals surface area contributed by atoms with Gasteiger partial charge in [0.1, 0.15) is 6.04 Å². The Balaban J connectivity index is 1.60. The fourth-order valence-electron chi connectivity index (χ4n) is 3.59. The SMILES string of the molecule is C[C@@H]1CCNC(=O)[C@@H]1NC(=O)N[C@H]1CCCC[C@@H]1n1cccn1. The standard InChI is InChI=1S/C16H25N5O2/c1-11-7-9-17-15(22)14(11)20-16(23)19-12-5-2-3-6-13(12)21-10-4-8-18-21/h4,8,10-14H,2-3,5-7,9H2,1H3,(H,17,22)(H2,19,20,23)/t11-,12+,13+,14-/m1/s1. The minimum Gasteiger partial charge on any atom is -0.354 e. The van der Waals surface area contributed by atoms with Crippen molar-refractivity contribution in [2.24, 2.45) is 5.92 Å². The molecule has 0 spiro atoms. The van der Waals surface area contributed by atoms with Gasteiger partial charge >= 0.3 is 6.03 Å². The normalized spacial score (nSPS) is 31.3. The summed E-state index contributed by atoms with van der Waals surface area (Å²) in [7, 11) is 0. The Morgan fingerprint density at radius 3 is 2.87 bits per heavy atom. The number of hydrogen-bond donors (Lipinski definition) is 3. The van der Waals surface area contributed by atoms with Crippen molar-refractivity contribution in [1.82, 2.24) is 25.7 Å². The zero-order chi connectivity index (χ0) is 16.2. The number of carbonyl (C=O) groups excluding carboxylic acids is 2. The number of aromatic nitrogens is 2. The van der Waals surface area contributed by atoms with Crippen molar-refractivity contribution >= 4 is 11.9 Å². The van der Waals surface area contributed by atoms with E-state index in [0.29, 0.717) is 6.54 Å². The molecule has 4 atom stereocenters. The van der Waals surface area contributed by atoms with Crippen LogP contribution in [0.5, 0.6) is 0 Å². The van der Waals surface area contributed by atoms with Crippen molar-refractivity contribution < 1.29 is 9.59 Å². The zero-order valence-corrected chi connectivity index (χ0v) is 13.5. The summed E-state index contributed by atoms with van der Waals surface area (Å²) < 4.78 is 1.93. The van der Waals surface area contributed by atoms with Gasteiger partial charge in [-0.25, -0.2) is 4.79 Å². The molecule has 1 aliphatic heterocycles. The van der Waals surface area contributed by atoms with Crippen LogP contribution in [0.2, 0.25) is 0 Å². The van der Waals surface area contributed by atoms with Crippen LogP contribution in [0.15, 0.2) is 18.5 Å². The third-order valence-corrected chi connectivity index (χ3v) is 4.95. The maximum atomic E-state index is 12.4. The highest BCUT2D eigenvalue weighted by Gasteiger charge is 2.32. The van der Waals surface area contributed by atoms with Crippen LogP contribution in [0.3, 0.4) is 0 Å². The average molecular weight is 319 g/mol. The Morgan fingerprint density at radius 1 is 1.30 bits per heavy atom. The van der Waals surface area contributed by atoms with E-state index in [9.17, 15) is 9.59 Å². The van der Waals surface area contributed by atoms with Gasteiger partial charge in [0.2, 0.25) is 5.91 Å². The summed E-state index contributed by atoms with van der Waals surface area (Å²) in [6.45, 7) is 2.68. The first-order valence-electron chi connectivity index (χ1n) is 8.49. The van der Waals surface area contributed by atoms with Gasteiger partial charge in [-0.2, -0.15) is 5.10 Å². The average Bonchev–Trinajstić information content (AvgIpc) is 3.06. The number of amides is 3. The molecular formula is C16H25N5O2. The van der Waals surface area contributed by atoms with Gasteiger partial charge in [-0.1, -0.05) is 19.8 Å². The van der Waals surface area contributed by atoms with Gasteiger partial charge in [0.15, 0.2) is 0 Å². The number of nitrogens with one attached hydrogen (secondary N) is 3. The smallest absolute Gasteiger partial charge is 0.315 e. The number of urea groups is 1. The zero-order valence-electron chi connectivity index (χ0n) is 13.5. The second-order valence-corrected chi connectivity index (χ2v) is 6.60. The first-order valence-corrected chi connectivity index (χ1v) is 8.49. The van der Waals surface area contributed by atoms with Gasteiger partial charge in [0.05, 0.1) is 12.1 Å². The van der Waals surface area contributed by atoms with Gasteiger partial charge in [-0.15, -0.1) is 0 Å². The van der Waals surface area contributed by atoms with E-state index in [1.807, 2.05) is 23.9 Å². The summed E-state index contributed by atoms with van der Waals surface area (Å²) in [6, 6.07) is 1.42. The summed E-state index contributed by atoms with van der Waals surface area (Å²) in [5.74, 6) is 0.0638. The van der Waals surface area contributed by atoms with Crippen molar-refractivity contribution in [2.75, 3.05) is 6.54 Å². The number of hydrogen-bond acceptors (Lipinski definition) is 3. The van der Waals surface area contributed by atoms with Crippen LogP contribution in [-0.4, -0.2) is 40.3 Å². The van der Waals surface area contributed by atoms with E-state index < -0.39 is 6.04 Å². The van der Waals surface area contributed by atoms with E-state index >= 15 is 0 Å². The predicted molar refractivity (Wildman–Crippen MR) is 85.8 cm³/mol. The van der Waals surface area contributed by atoms with Gasteiger partial charge < -0.3 is 16.0 Å². The third kappa shape index (κ3) is 3.65. The van der Waals surface area contributed by atoms with Crippen molar-refractivity contribution in [2.45, 2.75) is 57.2 Å². The quantitative estimate of drug-likeness (QED) is 0.782. The lowest BCUT2D eigenvalue weighted by atomic mass is 9.90. The van der Waals surface area contributed by atoms with Crippen LogP contribution in [0.1, 0.15) is 45.1 Å². The molecule has 0 radical (unpaired) electrons. The van der Waals surface area contributed by atoms with E-state index in [0.717, 1.165) is 32.1 Å². The first kappa shape index (κ1) is 15.8. The molecule has 3 N–H and O–H groups in total. The molecule has 1 aliphatic carbocycles. The number of nitrogens with zero attached hydrogens (tertiary/aromatic N) is 2. The minimum absolute atomic E-state index is 0.0469. The van der Waals surface area contributed by atoms with Crippen molar-refractivity contribution in [3.05, 3.63) is 18.5 Å².